The molecule has 0 aromatic carbocycles. The Bertz CT molecular complexity index is 258. The summed E-state index contributed by atoms with van der Waals surface area (Å²) in [6.07, 6.45) is 4.90. The molecule has 0 radical (unpaired) electrons. The van der Waals surface area contributed by atoms with Gasteiger partial charge in [-0.25, -0.2) is 0 Å². The van der Waals surface area contributed by atoms with E-state index in [4.69, 9.17) is 10.5 Å². The van der Waals surface area contributed by atoms with Crippen molar-refractivity contribution in [2.45, 2.75) is 31.5 Å². The van der Waals surface area contributed by atoms with Crippen LogP contribution in [0, 0.1) is 0 Å². The predicted molar refractivity (Wildman–Crippen MR) is 49.3 cm³/mol. The lowest BCUT2D eigenvalue weighted by atomic mass is 9.83. The van der Waals surface area contributed by atoms with E-state index in [1.54, 1.807) is 6.20 Å². The van der Waals surface area contributed by atoms with Crippen molar-refractivity contribution in [1.82, 2.24) is 9.78 Å². The van der Waals surface area contributed by atoms with Gasteiger partial charge in [-0.05, 0) is 19.4 Å². The fourth-order valence-electron chi connectivity index (χ4n) is 1.83. The van der Waals surface area contributed by atoms with Crippen LogP contribution in [0.5, 0.6) is 0 Å². The van der Waals surface area contributed by atoms with Crippen molar-refractivity contribution in [2.75, 3.05) is 6.61 Å². The van der Waals surface area contributed by atoms with Gasteiger partial charge in [0, 0.05) is 25.0 Å². The number of aromatic nitrogens is 2. The monoisotopic (exact) mass is 181 g/mol. The van der Waals surface area contributed by atoms with Crippen LogP contribution in [-0.4, -0.2) is 28.5 Å². The van der Waals surface area contributed by atoms with Crippen molar-refractivity contribution in [3.05, 3.63) is 18.5 Å². The van der Waals surface area contributed by atoms with Gasteiger partial charge >= 0.3 is 0 Å². The highest BCUT2D eigenvalue weighted by atomic mass is 16.5. The third-order valence-corrected chi connectivity index (χ3v) is 2.54. The van der Waals surface area contributed by atoms with Crippen LogP contribution in [0.3, 0.4) is 0 Å². The molecular weight excluding hydrogens is 166 g/mol. The molecule has 13 heavy (non-hydrogen) atoms. The van der Waals surface area contributed by atoms with Gasteiger partial charge in [0.1, 0.15) is 0 Å². The highest BCUT2D eigenvalue weighted by Crippen LogP contribution is 2.33. The van der Waals surface area contributed by atoms with E-state index in [9.17, 15) is 0 Å². The van der Waals surface area contributed by atoms with Crippen LogP contribution in [0.25, 0.3) is 0 Å². The lowest BCUT2D eigenvalue weighted by Crippen LogP contribution is -2.53. The van der Waals surface area contributed by atoms with Gasteiger partial charge in [-0.15, -0.1) is 0 Å². The Hall–Kier alpha value is -0.870. The molecule has 1 fully saturated rings. The third-order valence-electron chi connectivity index (χ3n) is 2.54. The van der Waals surface area contributed by atoms with Crippen molar-refractivity contribution < 1.29 is 4.74 Å². The summed E-state index contributed by atoms with van der Waals surface area (Å²) in [7, 11) is 0. The van der Waals surface area contributed by atoms with E-state index in [0.717, 1.165) is 13.0 Å². The third kappa shape index (κ3) is 1.47. The van der Waals surface area contributed by atoms with Gasteiger partial charge in [-0.3, -0.25) is 4.68 Å². The van der Waals surface area contributed by atoms with Crippen LogP contribution >= 0.6 is 0 Å². The molecule has 0 aliphatic heterocycles. The number of nitrogens with zero attached hydrogens (tertiary/aromatic N) is 2. The summed E-state index contributed by atoms with van der Waals surface area (Å²) in [6, 6.07) is 2.33. The SMILES string of the molecule is CCO[C@@H]1C[C@H](N)[C@@H]1n1cccn1. The summed E-state index contributed by atoms with van der Waals surface area (Å²) < 4.78 is 7.44. The van der Waals surface area contributed by atoms with Crippen LogP contribution < -0.4 is 5.73 Å². The average molecular weight is 181 g/mol. The van der Waals surface area contributed by atoms with Crippen molar-refractivity contribution in [2.24, 2.45) is 5.73 Å². The highest BCUT2D eigenvalue weighted by Gasteiger charge is 2.40. The maximum atomic E-state index is 5.89. The van der Waals surface area contributed by atoms with Gasteiger partial charge in [0.2, 0.25) is 0 Å². The molecule has 0 unspecified atom stereocenters. The van der Waals surface area contributed by atoms with E-state index in [-0.39, 0.29) is 18.2 Å². The van der Waals surface area contributed by atoms with E-state index in [2.05, 4.69) is 5.10 Å². The molecule has 1 aliphatic carbocycles. The highest BCUT2D eigenvalue weighted by molar-refractivity contribution is 4.99. The summed E-state index contributed by atoms with van der Waals surface area (Å²) in [5.74, 6) is 0. The number of ether oxygens (including phenoxy) is 1. The Morgan fingerprint density at radius 2 is 2.54 bits per heavy atom. The topological polar surface area (TPSA) is 53.1 Å². The van der Waals surface area contributed by atoms with E-state index >= 15 is 0 Å². The zero-order chi connectivity index (χ0) is 9.26. The summed E-state index contributed by atoms with van der Waals surface area (Å²) in [5.41, 5.74) is 5.89. The van der Waals surface area contributed by atoms with Crippen molar-refractivity contribution >= 4 is 0 Å². The molecule has 0 amide bonds. The van der Waals surface area contributed by atoms with E-state index in [1.807, 2.05) is 23.9 Å². The molecule has 0 bridgehead atoms. The maximum Gasteiger partial charge on any atom is 0.0932 e. The molecule has 1 aromatic heterocycles. The molecule has 0 spiro atoms. The number of nitrogens with two attached hydrogens (primary N) is 1. The molecule has 3 atom stereocenters. The Balaban J connectivity index is 2.04. The van der Waals surface area contributed by atoms with Gasteiger partial charge in [0.25, 0.3) is 0 Å². The van der Waals surface area contributed by atoms with Gasteiger partial charge < -0.3 is 10.5 Å². The Morgan fingerprint density at radius 1 is 1.69 bits per heavy atom. The molecule has 1 heterocycles. The second kappa shape index (κ2) is 3.47. The van der Waals surface area contributed by atoms with Crippen LogP contribution in [0.15, 0.2) is 18.5 Å². The molecule has 2 N–H and O–H groups in total. The van der Waals surface area contributed by atoms with Gasteiger partial charge in [-0.1, -0.05) is 0 Å². The summed E-state index contributed by atoms with van der Waals surface area (Å²) in [5, 5.41) is 4.18. The standard InChI is InChI=1S/C9H15N3O/c1-2-13-8-6-7(10)9(8)12-5-3-4-11-12/h3-5,7-9H,2,6,10H2,1H3/t7-,8+,9-/m0/s1. The van der Waals surface area contributed by atoms with Crippen molar-refractivity contribution in [3.8, 4) is 0 Å². The minimum absolute atomic E-state index is 0.191. The first-order valence-corrected chi connectivity index (χ1v) is 4.69. The largest absolute Gasteiger partial charge is 0.376 e. The van der Waals surface area contributed by atoms with Crippen molar-refractivity contribution in [1.29, 1.82) is 0 Å². The first-order chi connectivity index (χ1) is 6.33. The summed E-state index contributed by atoms with van der Waals surface area (Å²) >= 11 is 0. The zero-order valence-corrected chi connectivity index (χ0v) is 7.76. The molecule has 4 heteroatoms. The number of hydrogen-bond donors (Lipinski definition) is 1. The smallest absolute Gasteiger partial charge is 0.0932 e. The first-order valence-electron chi connectivity index (χ1n) is 4.69. The van der Waals surface area contributed by atoms with Crippen LogP contribution in [0.4, 0.5) is 0 Å². The molecule has 1 aliphatic rings. The number of hydrogen-bond acceptors (Lipinski definition) is 3. The predicted octanol–water partition coefficient (Wildman–Crippen LogP) is 0.560. The van der Waals surface area contributed by atoms with Gasteiger partial charge in [-0.2, -0.15) is 5.10 Å². The van der Waals surface area contributed by atoms with Crippen LogP contribution in [-0.2, 0) is 4.74 Å². The van der Waals surface area contributed by atoms with Crippen LogP contribution in [0.1, 0.15) is 19.4 Å². The normalized spacial score (nSPS) is 32.9. The van der Waals surface area contributed by atoms with Gasteiger partial charge in [0.15, 0.2) is 0 Å². The lowest BCUT2D eigenvalue weighted by molar-refractivity contribution is -0.0511. The minimum atomic E-state index is 0.191. The number of rotatable bonds is 3. The first kappa shape index (κ1) is 8.72. The molecule has 2 rings (SSSR count). The molecule has 0 saturated heterocycles. The molecule has 4 nitrogen and oxygen atoms in total. The van der Waals surface area contributed by atoms with E-state index in [0.29, 0.717) is 0 Å². The fraction of sp³-hybridized carbons (Fsp3) is 0.667. The second-order valence-electron chi connectivity index (χ2n) is 3.37. The van der Waals surface area contributed by atoms with Gasteiger partial charge in [0.05, 0.1) is 12.1 Å². The molecule has 1 aromatic rings. The zero-order valence-electron chi connectivity index (χ0n) is 7.76. The molecule has 72 valence electrons. The van der Waals surface area contributed by atoms with Crippen molar-refractivity contribution in [3.63, 3.8) is 0 Å². The lowest BCUT2D eigenvalue weighted by Gasteiger charge is -2.41. The maximum absolute atomic E-state index is 5.89. The van der Waals surface area contributed by atoms with E-state index < -0.39 is 0 Å². The van der Waals surface area contributed by atoms with Crippen LogP contribution in [0.2, 0.25) is 0 Å². The molecule has 1 saturated carbocycles. The molecular formula is C9H15N3O. The second-order valence-corrected chi connectivity index (χ2v) is 3.37. The minimum Gasteiger partial charge on any atom is -0.376 e. The summed E-state index contributed by atoms with van der Waals surface area (Å²) in [6.45, 7) is 2.75. The Kier molecular flexibility index (Phi) is 2.33. The Labute approximate surface area is 77.7 Å². The summed E-state index contributed by atoms with van der Waals surface area (Å²) in [4.78, 5) is 0. The fourth-order valence-corrected chi connectivity index (χ4v) is 1.83. The quantitative estimate of drug-likeness (QED) is 0.741. The Morgan fingerprint density at radius 3 is 3.08 bits per heavy atom. The average Bonchev–Trinajstić information content (AvgIpc) is 2.56. The van der Waals surface area contributed by atoms with E-state index in [1.165, 1.54) is 0 Å².